The zero-order chi connectivity index (χ0) is 14.7. The first-order valence-electron chi connectivity index (χ1n) is 6.60. The molecule has 3 nitrogen and oxygen atoms in total. The number of rotatable bonds is 4. The van der Waals surface area contributed by atoms with Crippen LogP contribution in [0, 0.1) is 0 Å². The molecular weight excluding hydrogens is 252 g/mol. The number of aliphatic hydroxyl groups is 2. The topological polar surface area (TPSA) is 57.5 Å². The third-order valence-electron chi connectivity index (χ3n) is 3.29. The van der Waals surface area contributed by atoms with E-state index in [1.54, 1.807) is 56.3 Å². The van der Waals surface area contributed by atoms with E-state index >= 15 is 0 Å². The molecule has 0 bridgehead atoms. The number of aliphatic hydroxyl groups excluding tert-OH is 2. The highest BCUT2D eigenvalue weighted by molar-refractivity contribution is 6.10. The molecule has 2 atom stereocenters. The van der Waals surface area contributed by atoms with Crippen LogP contribution >= 0.6 is 0 Å². The molecule has 0 fully saturated rings. The lowest BCUT2D eigenvalue weighted by Crippen LogP contribution is -2.09. The van der Waals surface area contributed by atoms with Gasteiger partial charge in [-0.2, -0.15) is 0 Å². The molecule has 3 heteroatoms. The SMILES string of the molecule is CC(O)c1ccc(C(=O)c2ccccc2)c(C(C)O)c1. The van der Waals surface area contributed by atoms with E-state index in [9.17, 15) is 15.0 Å². The second kappa shape index (κ2) is 5.99. The van der Waals surface area contributed by atoms with Gasteiger partial charge in [-0.05, 0) is 31.0 Å². The fourth-order valence-corrected chi connectivity index (χ4v) is 2.14. The first-order valence-corrected chi connectivity index (χ1v) is 6.60. The molecule has 0 heterocycles. The lowest BCUT2D eigenvalue weighted by molar-refractivity contribution is 0.103. The number of ketones is 1. The van der Waals surface area contributed by atoms with Crippen LogP contribution in [0.25, 0.3) is 0 Å². The number of carbonyl (C=O) groups is 1. The van der Waals surface area contributed by atoms with Gasteiger partial charge in [0.05, 0.1) is 12.2 Å². The van der Waals surface area contributed by atoms with E-state index in [1.165, 1.54) is 0 Å². The van der Waals surface area contributed by atoms with Crippen molar-refractivity contribution >= 4 is 5.78 Å². The molecule has 0 spiro atoms. The molecule has 104 valence electrons. The summed E-state index contributed by atoms with van der Waals surface area (Å²) >= 11 is 0. The van der Waals surface area contributed by atoms with Crippen LogP contribution in [-0.4, -0.2) is 16.0 Å². The molecule has 2 rings (SSSR count). The smallest absolute Gasteiger partial charge is 0.193 e. The summed E-state index contributed by atoms with van der Waals surface area (Å²) in [7, 11) is 0. The van der Waals surface area contributed by atoms with Crippen molar-refractivity contribution in [3.8, 4) is 0 Å². The maximum Gasteiger partial charge on any atom is 0.193 e. The first-order chi connectivity index (χ1) is 9.50. The second-order valence-corrected chi connectivity index (χ2v) is 4.89. The summed E-state index contributed by atoms with van der Waals surface area (Å²) in [4.78, 5) is 12.5. The van der Waals surface area contributed by atoms with Gasteiger partial charge in [-0.15, -0.1) is 0 Å². The normalized spacial score (nSPS) is 13.8. The average molecular weight is 270 g/mol. The third-order valence-corrected chi connectivity index (χ3v) is 3.29. The van der Waals surface area contributed by atoms with Crippen LogP contribution in [0.15, 0.2) is 48.5 Å². The minimum absolute atomic E-state index is 0.126. The Hall–Kier alpha value is -1.97. The molecule has 0 aliphatic heterocycles. The van der Waals surface area contributed by atoms with Crippen molar-refractivity contribution in [3.05, 3.63) is 70.8 Å². The fourth-order valence-electron chi connectivity index (χ4n) is 2.14. The average Bonchev–Trinajstić information content (AvgIpc) is 2.46. The summed E-state index contributed by atoms with van der Waals surface area (Å²) in [6.07, 6.45) is -1.40. The quantitative estimate of drug-likeness (QED) is 0.840. The Bertz CT molecular complexity index is 601. The maximum absolute atomic E-state index is 12.5. The van der Waals surface area contributed by atoms with Crippen LogP contribution in [0.4, 0.5) is 0 Å². The number of hydrogen-bond acceptors (Lipinski definition) is 3. The summed E-state index contributed by atoms with van der Waals surface area (Å²) in [6, 6.07) is 14.0. The minimum Gasteiger partial charge on any atom is -0.389 e. The maximum atomic E-state index is 12.5. The molecule has 0 radical (unpaired) electrons. The largest absolute Gasteiger partial charge is 0.389 e. The van der Waals surface area contributed by atoms with Crippen molar-refractivity contribution in [3.63, 3.8) is 0 Å². The third kappa shape index (κ3) is 2.95. The molecule has 2 N–H and O–H groups in total. The van der Waals surface area contributed by atoms with Crippen molar-refractivity contribution in [2.24, 2.45) is 0 Å². The van der Waals surface area contributed by atoms with E-state index in [0.717, 1.165) is 0 Å². The Morgan fingerprint density at radius 1 is 0.950 bits per heavy atom. The Morgan fingerprint density at radius 3 is 2.15 bits per heavy atom. The molecule has 2 aromatic rings. The number of benzene rings is 2. The highest BCUT2D eigenvalue weighted by Gasteiger charge is 2.17. The molecule has 20 heavy (non-hydrogen) atoms. The van der Waals surface area contributed by atoms with E-state index in [4.69, 9.17) is 0 Å². The number of carbonyl (C=O) groups excluding carboxylic acids is 1. The van der Waals surface area contributed by atoms with Crippen LogP contribution in [-0.2, 0) is 0 Å². The Morgan fingerprint density at radius 2 is 1.60 bits per heavy atom. The highest BCUT2D eigenvalue weighted by atomic mass is 16.3. The fraction of sp³-hybridized carbons (Fsp3) is 0.235. The lowest BCUT2D eigenvalue weighted by Gasteiger charge is -2.14. The van der Waals surface area contributed by atoms with Crippen molar-refractivity contribution in [1.29, 1.82) is 0 Å². The van der Waals surface area contributed by atoms with Gasteiger partial charge in [0.25, 0.3) is 0 Å². The van der Waals surface area contributed by atoms with E-state index < -0.39 is 12.2 Å². The van der Waals surface area contributed by atoms with Crippen molar-refractivity contribution in [1.82, 2.24) is 0 Å². The standard InChI is InChI=1S/C17H18O3/c1-11(18)14-8-9-15(16(10-14)12(2)19)17(20)13-6-4-3-5-7-13/h3-12,18-19H,1-2H3. The van der Waals surface area contributed by atoms with Crippen LogP contribution in [0.3, 0.4) is 0 Å². The summed E-state index contributed by atoms with van der Waals surface area (Å²) in [5.74, 6) is -0.126. The van der Waals surface area contributed by atoms with Gasteiger partial charge in [-0.1, -0.05) is 42.5 Å². The van der Waals surface area contributed by atoms with Gasteiger partial charge in [-0.3, -0.25) is 4.79 Å². The van der Waals surface area contributed by atoms with Crippen LogP contribution in [0.5, 0.6) is 0 Å². The number of hydrogen-bond donors (Lipinski definition) is 2. The lowest BCUT2D eigenvalue weighted by atomic mass is 9.93. The van der Waals surface area contributed by atoms with E-state index in [-0.39, 0.29) is 5.78 Å². The molecule has 0 saturated carbocycles. The van der Waals surface area contributed by atoms with Crippen molar-refractivity contribution in [2.75, 3.05) is 0 Å². The van der Waals surface area contributed by atoms with Crippen molar-refractivity contribution in [2.45, 2.75) is 26.1 Å². The molecule has 0 saturated heterocycles. The van der Waals surface area contributed by atoms with Gasteiger partial charge in [0, 0.05) is 11.1 Å². The Kier molecular flexibility index (Phi) is 4.32. The van der Waals surface area contributed by atoms with Gasteiger partial charge in [0.2, 0.25) is 0 Å². The van der Waals surface area contributed by atoms with Gasteiger partial charge in [-0.25, -0.2) is 0 Å². The second-order valence-electron chi connectivity index (χ2n) is 4.89. The van der Waals surface area contributed by atoms with Gasteiger partial charge in [0.1, 0.15) is 0 Å². The van der Waals surface area contributed by atoms with Crippen molar-refractivity contribution < 1.29 is 15.0 Å². The molecule has 2 aromatic carbocycles. The summed E-state index contributed by atoms with van der Waals surface area (Å²) in [5, 5.41) is 19.5. The summed E-state index contributed by atoms with van der Waals surface area (Å²) < 4.78 is 0. The van der Waals surface area contributed by atoms with Crippen LogP contribution in [0.1, 0.15) is 53.1 Å². The zero-order valence-electron chi connectivity index (χ0n) is 11.6. The molecule has 2 unspecified atom stereocenters. The molecule has 0 aliphatic carbocycles. The van der Waals surface area contributed by atoms with E-state index in [0.29, 0.717) is 22.3 Å². The van der Waals surface area contributed by atoms with Gasteiger partial charge < -0.3 is 10.2 Å². The predicted octanol–water partition coefficient (Wildman–Crippen LogP) is 3.02. The highest BCUT2D eigenvalue weighted by Crippen LogP contribution is 2.25. The van der Waals surface area contributed by atoms with Gasteiger partial charge in [0.15, 0.2) is 5.78 Å². The van der Waals surface area contributed by atoms with E-state index in [1.807, 2.05) is 6.07 Å². The molecular formula is C17H18O3. The molecule has 0 aromatic heterocycles. The van der Waals surface area contributed by atoms with Crippen LogP contribution < -0.4 is 0 Å². The zero-order valence-corrected chi connectivity index (χ0v) is 11.6. The van der Waals surface area contributed by atoms with E-state index in [2.05, 4.69) is 0 Å². The summed E-state index contributed by atoms with van der Waals surface area (Å²) in [6.45, 7) is 3.27. The first kappa shape index (κ1) is 14.4. The minimum atomic E-state index is -0.767. The Labute approximate surface area is 118 Å². The molecule has 0 aliphatic rings. The van der Waals surface area contributed by atoms with Crippen LogP contribution in [0.2, 0.25) is 0 Å². The van der Waals surface area contributed by atoms with Gasteiger partial charge >= 0.3 is 0 Å². The Balaban J connectivity index is 2.49. The molecule has 0 amide bonds. The monoisotopic (exact) mass is 270 g/mol. The predicted molar refractivity (Wildman–Crippen MR) is 77.6 cm³/mol. The summed E-state index contributed by atoms with van der Waals surface area (Å²) in [5.41, 5.74) is 2.28.